The quantitative estimate of drug-likeness (QED) is 0.510. The van der Waals surface area contributed by atoms with Gasteiger partial charge < -0.3 is 25.0 Å². The zero-order valence-corrected chi connectivity index (χ0v) is 24.2. The molecule has 0 bridgehead atoms. The number of nitrogens with zero attached hydrogens (tertiary/aromatic N) is 2. The Morgan fingerprint density at radius 3 is 2.50 bits per heavy atom. The number of likely N-dealkylation sites (tertiary alicyclic amines) is 1. The summed E-state index contributed by atoms with van der Waals surface area (Å²) in [6, 6.07) is 15.2. The fourth-order valence-electron chi connectivity index (χ4n) is 6.27. The van der Waals surface area contributed by atoms with E-state index in [2.05, 4.69) is 10.0 Å². The van der Waals surface area contributed by atoms with E-state index in [0.29, 0.717) is 38.5 Å². The minimum absolute atomic E-state index is 0.00890. The van der Waals surface area contributed by atoms with Gasteiger partial charge in [0.2, 0.25) is 10.0 Å². The van der Waals surface area contributed by atoms with Gasteiger partial charge in [0.1, 0.15) is 10.6 Å². The Kier molecular flexibility index (Phi) is 8.99. The first-order chi connectivity index (χ1) is 19.2. The van der Waals surface area contributed by atoms with Crippen molar-refractivity contribution in [2.75, 3.05) is 46.4 Å². The van der Waals surface area contributed by atoms with Crippen molar-refractivity contribution in [1.82, 2.24) is 19.8 Å². The number of rotatable bonds is 2. The Hall–Kier alpha value is -2.66. The molecule has 2 aromatic rings. The molecule has 40 heavy (non-hydrogen) atoms. The van der Waals surface area contributed by atoms with E-state index in [0.717, 1.165) is 36.8 Å². The summed E-state index contributed by atoms with van der Waals surface area (Å²) in [4.78, 5) is 17.0. The maximum absolute atomic E-state index is 13.3. The number of nitrogens with one attached hydrogen (secondary N) is 2. The zero-order chi connectivity index (χ0) is 28.2. The molecule has 3 aliphatic rings. The Labute approximate surface area is 237 Å². The Balaban J connectivity index is 1.38. The van der Waals surface area contributed by atoms with Gasteiger partial charge in [0, 0.05) is 44.2 Å². The Morgan fingerprint density at radius 1 is 1.05 bits per heavy atom. The van der Waals surface area contributed by atoms with Gasteiger partial charge >= 0.3 is 6.03 Å². The molecule has 218 valence electrons. The van der Waals surface area contributed by atoms with E-state index in [4.69, 9.17) is 4.74 Å². The molecule has 1 saturated carbocycles. The maximum Gasteiger partial charge on any atom is 0.317 e. The lowest BCUT2D eigenvalue weighted by atomic mass is 9.78. The summed E-state index contributed by atoms with van der Waals surface area (Å²) in [5.74, 6) is 0.295. The second-order valence-corrected chi connectivity index (χ2v) is 13.5. The Bertz CT molecular complexity index is 1260. The van der Waals surface area contributed by atoms with Crippen LogP contribution in [0, 0.1) is 5.41 Å². The predicted molar refractivity (Wildman–Crippen MR) is 155 cm³/mol. The van der Waals surface area contributed by atoms with Gasteiger partial charge in [-0.3, -0.25) is 0 Å². The number of carbonyl (C=O) groups is 1. The monoisotopic (exact) mass is 570 g/mol. The number of urea groups is 1. The van der Waals surface area contributed by atoms with Crippen LogP contribution in [0.15, 0.2) is 53.4 Å². The first-order valence-electron chi connectivity index (χ1n) is 14.5. The van der Waals surface area contributed by atoms with Gasteiger partial charge in [-0.25, -0.2) is 17.9 Å². The van der Waals surface area contributed by atoms with E-state index < -0.39 is 16.1 Å². The minimum atomic E-state index is -3.91. The lowest BCUT2D eigenvalue weighted by molar-refractivity contribution is 0.0239. The molecule has 1 aliphatic carbocycles. The van der Waals surface area contributed by atoms with Gasteiger partial charge in [-0.15, -0.1) is 0 Å². The van der Waals surface area contributed by atoms with E-state index >= 15 is 0 Å². The van der Waals surface area contributed by atoms with Crippen LogP contribution in [0.2, 0.25) is 0 Å². The van der Waals surface area contributed by atoms with Crippen LogP contribution >= 0.6 is 0 Å². The van der Waals surface area contributed by atoms with Crippen LogP contribution in [0.1, 0.15) is 44.9 Å². The highest BCUT2D eigenvalue weighted by molar-refractivity contribution is 7.89. The summed E-state index contributed by atoms with van der Waals surface area (Å²) in [5, 5.41) is 13.9. The van der Waals surface area contributed by atoms with Crippen LogP contribution in [-0.2, 0) is 10.0 Å². The van der Waals surface area contributed by atoms with Crippen molar-refractivity contribution < 1.29 is 23.1 Å². The number of hydrogen-bond donors (Lipinski definition) is 3. The van der Waals surface area contributed by atoms with Gasteiger partial charge in [-0.05, 0) is 56.0 Å². The number of hydrogen-bond acceptors (Lipinski definition) is 6. The third-order valence-electron chi connectivity index (χ3n) is 8.56. The number of fused-ring (bicyclic) bond motifs is 1. The second kappa shape index (κ2) is 12.5. The van der Waals surface area contributed by atoms with Crippen LogP contribution in [0.25, 0.3) is 11.1 Å². The molecule has 1 unspecified atom stereocenters. The van der Waals surface area contributed by atoms with E-state index in [1.807, 2.05) is 47.2 Å². The van der Waals surface area contributed by atoms with Crippen LogP contribution in [0.3, 0.4) is 0 Å². The number of aliphatic hydroxyl groups excluding tert-OH is 1. The van der Waals surface area contributed by atoms with Crippen LogP contribution in [0.5, 0.6) is 5.75 Å². The first-order valence-corrected chi connectivity index (χ1v) is 16.0. The third kappa shape index (κ3) is 6.97. The number of carbonyl (C=O) groups excluding carboxylic acids is 1. The van der Waals surface area contributed by atoms with Crippen LogP contribution in [-0.4, -0.2) is 87.9 Å². The van der Waals surface area contributed by atoms with Crippen molar-refractivity contribution in [2.24, 2.45) is 5.41 Å². The molecular formula is C30H42N4O5S. The molecule has 5 rings (SSSR count). The number of amides is 2. The molecule has 0 radical (unpaired) electrons. The fourth-order valence-corrected chi connectivity index (χ4v) is 7.47. The highest BCUT2D eigenvalue weighted by atomic mass is 32.2. The third-order valence-corrected chi connectivity index (χ3v) is 10.0. The lowest BCUT2D eigenvalue weighted by Gasteiger charge is -2.44. The summed E-state index contributed by atoms with van der Waals surface area (Å²) >= 11 is 0. The number of ether oxygens (including phenoxy) is 1. The molecule has 9 nitrogen and oxygen atoms in total. The van der Waals surface area contributed by atoms with Gasteiger partial charge in [-0.2, -0.15) is 0 Å². The SMILES string of the molecule is CN1CC(O)CNS(=O)(=O)c2ccc(-c3ccccc3)cc2OCC2(CCN(C(=O)NC3CCCCC3)CC2)C1. The van der Waals surface area contributed by atoms with Crippen molar-refractivity contribution in [1.29, 1.82) is 0 Å². The predicted octanol–water partition coefficient (Wildman–Crippen LogP) is 3.44. The number of β-amino-alcohol motifs (C(OH)–C–C–N with tert-alkyl or cyclic N) is 1. The van der Waals surface area contributed by atoms with Gasteiger partial charge in [0.15, 0.2) is 0 Å². The topological polar surface area (TPSA) is 111 Å². The molecule has 2 aliphatic heterocycles. The molecule has 1 spiro atoms. The standard InChI is InChI=1S/C30H42N4O5S/c1-33-20-26(35)19-31-40(37,38)28-13-12-24(23-8-4-2-5-9-23)18-27(28)39-22-30(21-33)14-16-34(17-15-30)29(36)32-25-10-6-3-7-11-25/h2,4-5,8-9,12-13,18,25-26,31,35H,3,6-7,10-11,14-17,19-22H2,1H3,(H,32,36). The molecule has 2 fully saturated rings. The first kappa shape index (κ1) is 28.9. The molecule has 3 N–H and O–H groups in total. The average molecular weight is 571 g/mol. The molecule has 2 aromatic carbocycles. The van der Waals surface area contributed by atoms with E-state index in [9.17, 15) is 18.3 Å². The average Bonchev–Trinajstić information content (AvgIpc) is 2.96. The summed E-state index contributed by atoms with van der Waals surface area (Å²) in [5.41, 5.74) is 1.53. The number of sulfonamides is 1. The maximum atomic E-state index is 13.3. The molecular weight excluding hydrogens is 528 g/mol. The van der Waals surface area contributed by atoms with E-state index in [-0.39, 0.29) is 28.9 Å². The Morgan fingerprint density at radius 2 is 1.77 bits per heavy atom. The minimum Gasteiger partial charge on any atom is -0.492 e. The van der Waals surface area contributed by atoms with Crippen LogP contribution in [0.4, 0.5) is 4.79 Å². The highest BCUT2D eigenvalue weighted by Crippen LogP contribution is 2.37. The summed E-state index contributed by atoms with van der Waals surface area (Å²) in [7, 11) is -1.97. The van der Waals surface area contributed by atoms with Crippen molar-refractivity contribution >= 4 is 16.1 Å². The number of likely N-dealkylation sites (N-methyl/N-ethyl adjacent to an activating group) is 1. The van der Waals surface area contributed by atoms with E-state index in [1.54, 1.807) is 18.2 Å². The van der Waals surface area contributed by atoms with Gasteiger partial charge in [0.25, 0.3) is 0 Å². The van der Waals surface area contributed by atoms with Crippen LogP contribution < -0.4 is 14.8 Å². The molecule has 0 aromatic heterocycles. The largest absolute Gasteiger partial charge is 0.492 e. The van der Waals surface area contributed by atoms with Crippen molar-refractivity contribution in [2.45, 2.75) is 62.0 Å². The summed E-state index contributed by atoms with van der Waals surface area (Å²) in [6.07, 6.45) is 6.28. The molecule has 2 heterocycles. The number of aliphatic hydroxyl groups is 1. The van der Waals surface area contributed by atoms with Gasteiger partial charge in [-0.1, -0.05) is 55.7 Å². The van der Waals surface area contributed by atoms with Crippen molar-refractivity contribution in [3.8, 4) is 16.9 Å². The normalized spacial score (nSPS) is 24.2. The molecule has 1 atom stereocenters. The second-order valence-electron chi connectivity index (χ2n) is 11.8. The summed E-state index contributed by atoms with van der Waals surface area (Å²) in [6.45, 7) is 2.43. The number of piperidine rings is 1. The molecule has 10 heteroatoms. The lowest BCUT2D eigenvalue weighted by Crippen LogP contribution is -2.54. The zero-order valence-electron chi connectivity index (χ0n) is 23.3. The van der Waals surface area contributed by atoms with Crippen molar-refractivity contribution in [3.63, 3.8) is 0 Å². The number of benzene rings is 2. The fraction of sp³-hybridized carbons (Fsp3) is 0.567. The van der Waals surface area contributed by atoms with Crippen molar-refractivity contribution in [3.05, 3.63) is 48.5 Å². The molecule has 1 saturated heterocycles. The molecule has 2 amide bonds. The highest BCUT2D eigenvalue weighted by Gasteiger charge is 2.39. The summed E-state index contributed by atoms with van der Waals surface area (Å²) < 4.78 is 35.5. The smallest absolute Gasteiger partial charge is 0.317 e. The van der Waals surface area contributed by atoms with Gasteiger partial charge in [0.05, 0.1) is 12.7 Å². The van der Waals surface area contributed by atoms with E-state index in [1.165, 1.54) is 19.3 Å².